The van der Waals surface area contributed by atoms with Crippen LogP contribution in [-0.2, 0) is 32.1 Å². The van der Waals surface area contributed by atoms with Gasteiger partial charge in [0.1, 0.15) is 12.1 Å². The number of amides is 4. The Bertz CT molecular complexity index is 1020. The highest BCUT2D eigenvalue weighted by molar-refractivity contribution is 5.93. The fourth-order valence-electron chi connectivity index (χ4n) is 4.76. The Labute approximate surface area is 241 Å². The predicted octanol–water partition coefficient (Wildman–Crippen LogP) is -0.962. The average Bonchev–Trinajstić information content (AvgIpc) is 3.62. The smallest absolute Gasteiger partial charge is 0.246 e. The third-order valence-electron chi connectivity index (χ3n) is 8.06. The van der Waals surface area contributed by atoms with Crippen LogP contribution in [0.15, 0.2) is 6.20 Å². The van der Waals surface area contributed by atoms with Crippen molar-refractivity contribution in [1.29, 1.82) is 0 Å². The van der Waals surface area contributed by atoms with Gasteiger partial charge in [-0.2, -0.15) is 0 Å². The van der Waals surface area contributed by atoms with Gasteiger partial charge in [0.15, 0.2) is 6.29 Å². The summed E-state index contributed by atoms with van der Waals surface area (Å²) in [6.07, 6.45) is 3.70. The fourth-order valence-corrected chi connectivity index (χ4v) is 4.76. The van der Waals surface area contributed by atoms with Gasteiger partial charge in [-0.25, -0.2) is 0 Å². The van der Waals surface area contributed by atoms with Crippen LogP contribution in [0.2, 0.25) is 0 Å². The van der Waals surface area contributed by atoms with Crippen molar-refractivity contribution >= 4 is 23.6 Å². The van der Waals surface area contributed by atoms with E-state index in [2.05, 4.69) is 26.3 Å². The number of nitrogens with two attached hydrogens (primary N) is 1. The van der Waals surface area contributed by atoms with E-state index in [4.69, 9.17) is 5.73 Å². The molecule has 1 saturated heterocycles. The summed E-state index contributed by atoms with van der Waals surface area (Å²) in [5, 5.41) is 36.1. The molecule has 14 nitrogen and oxygen atoms in total. The van der Waals surface area contributed by atoms with Crippen LogP contribution >= 0.6 is 0 Å². The summed E-state index contributed by atoms with van der Waals surface area (Å²) in [5.41, 5.74) is 5.99. The van der Waals surface area contributed by atoms with Crippen molar-refractivity contribution in [3.63, 3.8) is 0 Å². The lowest BCUT2D eigenvalue weighted by Gasteiger charge is -2.28. The Morgan fingerprint density at radius 2 is 1.83 bits per heavy atom. The zero-order chi connectivity index (χ0) is 30.7. The summed E-state index contributed by atoms with van der Waals surface area (Å²) < 4.78 is 1.62. The molecule has 2 rings (SSSR count). The first-order valence-corrected chi connectivity index (χ1v) is 14.5. The van der Waals surface area contributed by atoms with Crippen LogP contribution in [0, 0.1) is 11.8 Å². The summed E-state index contributed by atoms with van der Waals surface area (Å²) in [7, 11) is 1.64. The molecular weight excluding hydrogens is 532 g/mol. The Kier molecular flexibility index (Phi) is 13.6. The van der Waals surface area contributed by atoms with Gasteiger partial charge in [-0.05, 0) is 52.0 Å². The third kappa shape index (κ3) is 10.0. The van der Waals surface area contributed by atoms with Gasteiger partial charge in [0.2, 0.25) is 23.6 Å². The van der Waals surface area contributed by atoms with E-state index in [9.17, 15) is 29.4 Å². The monoisotopic (exact) mass is 580 g/mol. The molecule has 1 aromatic rings. The summed E-state index contributed by atoms with van der Waals surface area (Å²) in [6, 6.07) is -2.96. The molecule has 232 valence electrons. The van der Waals surface area contributed by atoms with Gasteiger partial charge >= 0.3 is 0 Å². The number of unbranched alkanes of at least 4 members (excludes halogenated alkanes) is 1. The van der Waals surface area contributed by atoms with E-state index in [1.54, 1.807) is 24.9 Å². The fraction of sp³-hybridized carbons (Fsp3) is 0.778. The first-order valence-electron chi connectivity index (χ1n) is 14.5. The Morgan fingerprint density at radius 1 is 1.12 bits per heavy atom. The van der Waals surface area contributed by atoms with E-state index in [0.717, 1.165) is 6.42 Å². The Hall–Kier alpha value is -3.10. The SMILES string of the molecule is CCC(C)C(C)C(=O)NC(CCCCn1cc(CC(NC(=O)C(C)NC)C(=O)N2CCCC2C(N)=O)nn1)C(O)O. The Balaban J connectivity index is 1.97. The zero-order valence-electron chi connectivity index (χ0n) is 24.9. The normalized spacial score (nSPS) is 18.9. The van der Waals surface area contributed by atoms with Gasteiger partial charge in [0.05, 0.1) is 17.8 Å². The van der Waals surface area contributed by atoms with E-state index in [0.29, 0.717) is 50.9 Å². The minimum absolute atomic E-state index is 0.0855. The second kappa shape index (κ2) is 16.4. The number of hydrogen-bond acceptors (Lipinski definition) is 9. The summed E-state index contributed by atoms with van der Waals surface area (Å²) in [6.45, 7) is 8.36. The number of nitrogens with zero attached hydrogens (tertiary/aromatic N) is 4. The van der Waals surface area contributed by atoms with Crippen LogP contribution in [0.3, 0.4) is 0 Å². The van der Waals surface area contributed by atoms with Gasteiger partial charge < -0.3 is 36.8 Å². The van der Waals surface area contributed by atoms with Crippen LogP contribution in [-0.4, -0.2) is 97.8 Å². The molecule has 6 unspecified atom stereocenters. The van der Waals surface area contributed by atoms with Crippen molar-refractivity contribution in [1.82, 2.24) is 35.8 Å². The van der Waals surface area contributed by atoms with E-state index >= 15 is 0 Å². The number of aliphatic hydroxyl groups excluding tert-OH is 1. The molecule has 41 heavy (non-hydrogen) atoms. The van der Waals surface area contributed by atoms with Crippen molar-refractivity contribution in [2.75, 3.05) is 13.6 Å². The topological polar surface area (TPSA) is 205 Å². The average molecular weight is 581 g/mol. The molecule has 14 heteroatoms. The van der Waals surface area contributed by atoms with Crippen LogP contribution in [0.4, 0.5) is 0 Å². The highest BCUT2D eigenvalue weighted by Gasteiger charge is 2.37. The van der Waals surface area contributed by atoms with Crippen molar-refractivity contribution in [2.45, 2.75) is 110 Å². The first-order chi connectivity index (χ1) is 19.4. The largest absolute Gasteiger partial charge is 0.368 e. The number of hydrogen-bond donors (Lipinski definition) is 6. The third-order valence-corrected chi connectivity index (χ3v) is 8.06. The van der Waals surface area contributed by atoms with Crippen molar-refractivity contribution < 1.29 is 29.4 Å². The molecule has 1 aliphatic heterocycles. The molecule has 6 atom stereocenters. The number of carbonyl (C=O) groups is 4. The molecule has 0 saturated carbocycles. The lowest BCUT2D eigenvalue weighted by atomic mass is 9.92. The number of rotatable bonds is 17. The number of likely N-dealkylation sites (tertiary alicyclic amines) is 1. The van der Waals surface area contributed by atoms with Gasteiger partial charge in [0.25, 0.3) is 0 Å². The van der Waals surface area contributed by atoms with Crippen molar-refractivity contribution in [3.05, 3.63) is 11.9 Å². The molecule has 0 bridgehead atoms. The first kappa shape index (κ1) is 34.1. The highest BCUT2D eigenvalue weighted by atomic mass is 16.5. The van der Waals surface area contributed by atoms with Crippen molar-refractivity contribution in [2.24, 2.45) is 17.6 Å². The second-order valence-electron chi connectivity index (χ2n) is 11.0. The second-order valence-corrected chi connectivity index (χ2v) is 11.0. The molecule has 0 aromatic carbocycles. The van der Waals surface area contributed by atoms with Crippen LogP contribution < -0.4 is 21.7 Å². The quantitative estimate of drug-likeness (QED) is 0.0990. The minimum Gasteiger partial charge on any atom is -0.368 e. The number of aromatic nitrogens is 3. The molecule has 2 heterocycles. The van der Waals surface area contributed by atoms with Gasteiger partial charge in [-0.1, -0.05) is 32.4 Å². The summed E-state index contributed by atoms with van der Waals surface area (Å²) in [4.78, 5) is 51.7. The number of carbonyl (C=O) groups excluding carboxylic acids is 4. The molecule has 0 radical (unpaired) electrons. The Morgan fingerprint density at radius 3 is 2.44 bits per heavy atom. The van der Waals surface area contributed by atoms with Gasteiger partial charge in [-0.3, -0.25) is 23.9 Å². The number of likely N-dealkylation sites (N-methyl/N-ethyl adjacent to an activating group) is 1. The maximum atomic E-state index is 13.4. The highest BCUT2D eigenvalue weighted by Crippen LogP contribution is 2.19. The predicted molar refractivity (Wildman–Crippen MR) is 151 cm³/mol. The van der Waals surface area contributed by atoms with Gasteiger partial charge in [-0.15, -0.1) is 5.10 Å². The summed E-state index contributed by atoms with van der Waals surface area (Å²) in [5.74, 6) is -1.58. The van der Waals surface area contributed by atoms with E-state index in [1.165, 1.54) is 4.90 Å². The molecule has 0 spiro atoms. The molecule has 0 aliphatic carbocycles. The van der Waals surface area contributed by atoms with Crippen molar-refractivity contribution in [3.8, 4) is 0 Å². The maximum Gasteiger partial charge on any atom is 0.246 e. The number of aryl methyl sites for hydroxylation is 1. The minimum atomic E-state index is -1.67. The molecular formula is C27H48N8O6. The molecule has 1 aromatic heterocycles. The molecule has 1 fully saturated rings. The number of primary amides is 1. The molecule has 4 amide bonds. The van der Waals surface area contributed by atoms with Crippen LogP contribution in [0.25, 0.3) is 0 Å². The van der Waals surface area contributed by atoms with Gasteiger partial charge in [0, 0.05) is 31.6 Å². The van der Waals surface area contributed by atoms with E-state index in [1.807, 2.05) is 20.8 Å². The lowest BCUT2D eigenvalue weighted by Crippen LogP contribution is -2.55. The van der Waals surface area contributed by atoms with Crippen LogP contribution in [0.1, 0.15) is 71.9 Å². The van der Waals surface area contributed by atoms with E-state index < -0.39 is 42.3 Å². The summed E-state index contributed by atoms with van der Waals surface area (Å²) >= 11 is 0. The molecule has 1 aliphatic rings. The van der Waals surface area contributed by atoms with E-state index in [-0.39, 0.29) is 30.1 Å². The molecule has 7 N–H and O–H groups in total. The lowest BCUT2D eigenvalue weighted by molar-refractivity contribution is -0.140. The number of aliphatic hydroxyl groups is 2. The van der Waals surface area contributed by atoms with Crippen LogP contribution in [0.5, 0.6) is 0 Å². The zero-order valence-corrected chi connectivity index (χ0v) is 24.9. The number of nitrogens with one attached hydrogen (secondary N) is 3. The standard InChI is InChI=1S/C27H48N8O6/c1-6-16(2)17(3)24(37)30-20(27(40)41)10-7-8-12-34-15-19(32-33-34)14-21(31-25(38)18(4)29-5)26(39)35-13-9-11-22(35)23(28)36/h15-18,20-22,27,29,40-41H,6-14H2,1-5H3,(H2,28,36)(H,30,37)(H,31,38). The maximum absolute atomic E-state index is 13.4.